The molecular formula is C22H30ClN3O3S. The van der Waals surface area contributed by atoms with Crippen molar-refractivity contribution in [1.82, 2.24) is 14.1 Å². The second kappa shape index (κ2) is 10.1. The zero-order chi connectivity index (χ0) is 21.7. The van der Waals surface area contributed by atoms with E-state index in [0.717, 1.165) is 37.7 Å². The molecule has 8 heteroatoms. The highest BCUT2D eigenvalue weighted by molar-refractivity contribution is 7.89. The van der Waals surface area contributed by atoms with Crippen LogP contribution in [-0.2, 0) is 10.0 Å². The lowest BCUT2D eigenvalue weighted by molar-refractivity contribution is 0.0918. The summed E-state index contributed by atoms with van der Waals surface area (Å²) in [6, 6.07) is 14.9. The number of sulfonamides is 1. The van der Waals surface area contributed by atoms with E-state index in [4.69, 9.17) is 16.3 Å². The average molecular weight is 452 g/mol. The van der Waals surface area contributed by atoms with E-state index in [-0.39, 0.29) is 4.90 Å². The summed E-state index contributed by atoms with van der Waals surface area (Å²) in [7, 11) is -0.365. The highest BCUT2D eigenvalue weighted by atomic mass is 35.5. The molecule has 6 nitrogen and oxygen atoms in total. The standard InChI is InChI=1S/C22H30ClN3O3S/c1-18(21-6-4-5-7-22(21)23)26-14-12-25(13-15-26)16-17-29-19-8-10-20(11-9-19)30(27,28)24(2)3/h4-11,18H,12-17H2,1-3H3. The molecule has 1 fully saturated rings. The quantitative estimate of drug-likeness (QED) is 0.616. The zero-order valence-electron chi connectivity index (χ0n) is 17.8. The maximum Gasteiger partial charge on any atom is 0.242 e. The molecule has 0 amide bonds. The van der Waals surface area contributed by atoms with Gasteiger partial charge in [0.25, 0.3) is 0 Å². The first-order valence-corrected chi connectivity index (χ1v) is 12.0. The zero-order valence-corrected chi connectivity index (χ0v) is 19.4. The largest absolute Gasteiger partial charge is 0.492 e. The third-order valence-electron chi connectivity index (χ3n) is 5.59. The minimum Gasteiger partial charge on any atom is -0.492 e. The number of hydrogen-bond acceptors (Lipinski definition) is 5. The van der Waals surface area contributed by atoms with Crippen molar-refractivity contribution in [3.8, 4) is 5.75 Å². The minimum atomic E-state index is -3.41. The Bertz CT molecular complexity index is 927. The molecule has 2 aromatic rings. The van der Waals surface area contributed by atoms with Crippen LogP contribution in [0, 0.1) is 0 Å². The van der Waals surface area contributed by atoms with E-state index in [1.165, 1.54) is 24.0 Å². The van der Waals surface area contributed by atoms with Crippen LogP contribution in [0.2, 0.25) is 5.02 Å². The number of piperazine rings is 1. The second-order valence-electron chi connectivity index (χ2n) is 7.68. The van der Waals surface area contributed by atoms with Gasteiger partial charge >= 0.3 is 0 Å². The first kappa shape index (κ1) is 23.0. The number of nitrogens with zero attached hydrogens (tertiary/aromatic N) is 3. The summed E-state index contributed by atoms with van der Waals surface area (Å²) in [5, 5.41) is 0.824. The smallest absolute Gasteiger partial charge is 0.242 e. The number of halogens is 1. The number of ether oxygens (including phenoxy) is 1. The average Bonchev–Trinajstić information content (AvgIpc) is 2.74. The molecule has 0 spiro atoms. The van der Waals surface area contributed by atoms with E-state index in [2.05, 4.69) is 22.8 Å². The van der Waals surface area contributed by atoms with E-state index in [1.807, 2.05) is 18.2 Å². The molecule has 1 heterocycles. The molecule has 0 saturated carbocycles. The van der Waals surface area contributed by atoms with Gasteiger partial charge in [-0.05, 0) is 42.8 Å². The van der Waals surface area contributed by atoms with Gasteiger partial charge < -0.3 is 4.74 Å². The molecule has 164 valence electrons. The van der Waals surface area contributed by atoms with Crippen molar-refractivity contribution in [2.24, 2.45) is 0 Å². The van der Waals surface area contributed by atoms with E-state index in [1.54, 1.807) is 24.3 Å². The first-order valence-electron chi connectivity index (χ1n) is 10.2. The van der Waals surface area contributed by atoms with Crippen LogP contribution in [0.15, 0.2) is 53.4 Å². The molecular weight excluding hydrogens is 422 g/mol. The number of rotatable bonds is 8. The molecule has 1 aliphatic heterocycles. The summed E-state index contributed by atoms with van der Waals surface area (Å²) in [6.45, 7) is 7.56. The van der Waals surface area contributed by atoms with Crippen LogP contribution in [0.4, 0.5) is 0 Å². The minimum absolute atomic E-state index is 0.267. The van der Waals surface area contributed by atoms with Crippen LogP contribution in [0.1, 0.15) is 18.5 Å². The van der Waals surface area contributed by atoms with Crippen molar-refractivity contribution in [3.63, 3.8) is 0 Å². The Balaban J connectivity index is 1.44. The highest BCUT2D eigenvalue weighted by Crippen LogP contribution is 2.27. The van der Waals surface area contributed by atoms with Gasteiger partial charge in [0.1, 0.15) is 12.4 Å². The fraction of sp³-hybridized carbons (Fsp3) is 0.455. The Kier molecular flexibility index (Phi) is 7.76. The van der Waals surface area contributed by atoms with Crippen LogP contribution in [0.5, 0.6) is 5.75 Å². The van der Waals surface area contributed by atoms with Crippen LogP contribution >= 0.6 is 11.6 Å². The van der Waals surface area contributed by atoms with E-state index in [0.29, 0.717) is 18.4 Å². The summed E-state index contributed by atoms with van der Waals surface area (Å²) in [6.07, 6.45) is 0. The maximum absolute atomic E-state index is 12.1. The summed E-state index contributed by atoms with van der Waals surface area (Å²) in [4.78, 5) is 5.12. The first-order chi connectivity index (χ1) is 14.3. The second-order valence-corrected chi connectivity index (χ2v) is 10.2. The third-order valence-corrected chi connectivity index (χ3v) is 7.76. The lowest BCUT2D eigenvalue weighted by Gasteiger charge is -2.38. The molecule has 3 rings (SSSR count). The molecule has 1 aliphatic rings. The van der Waals surface area contributed by atoms with Crippen LogP contribution in [0.25, 0.3) is 0 Å². The van der Waals surface area contributed by atoms with Gasteiger partial charge in [-0.25, -0.2) is 12.7 Å². The summed E-state index contributed by atoms with van der Waals surface area (Å²) < 4.78 is 31.2. The molecule has 2 aromatic carbocycles. The summed E-state index contributed by atoms with van der Waals surface area (Å²) in [5.74, 6) is 0.679. The SMILES string of the molecule is CC(c1ccccc1Cl)N1CCN(CCOc2ccc(S(=O)(=O)N(C)C)cc2)CC1. The monoisotopic (exact) mass is 451 g/mol. The molecule has 0 bridgehead atoms. The van der Waals surface area contributed by atoms with Crippen LogP contribution in [-0.4, -0.2) is 75.9 Å². The van der Waals surface area contributed by atoms with Crippen molar-refractivity contribution < 1.29 is 13.2 Å². The topological polar surface area (TPSA) is 53.1 Å². The predicted octanol–water partition coefficient (Wildman–Crippen LogP) is 3.35. The van der Waals surface area contributed by atoms with E-state index >= 15 is 0 Å². The van der Waals surface area contributed by atoms with Crippen molar-refractivity contribution in [2.75, 3.05) is 53.4 Å². The van der Waals surface area contributed by atoms with Gasteiger partial charge in [0.05, 0.1) is 4.90 Å². The Morgan fingerprint density at radius 1 is 1.03 bits per heavy atom. The van der Waals surface area contributed by atoms with Crippen LogP contribution < -0.4 is 4.74 Å². The maximum atomic E-state index is 12.1. The van der Waals surface area contributed by atoms with Gasteiger partial charge in [0, 0.05) is 57.9 Å². The molecule has 30 heavy (non-hydrogen) atoms. The molecule has 0 aliphatic carbocycles. The van der Waals surface area contributed by atoms with E-state index < -0.39 is 10.0 Å². The Morgan fingerprint density at radius 2 is 1.67 bits per heavy atom. The third kappa shape index (κ3) is 5.53. The predicted molar refractivity (Wildman–Crippen MR) is 121 cm³/mol. The van der Waals surface area contributed by atoms with Gasteiger partial charge in [-0.3, -0.25) is 9.80 Å². The van der Waals surface area contributed by atoms with E-state index in [9.17, 15) is 8.42 Å². The Morgan fingerprint density at radius 3 is 2.27 bits per heavy atom. The number of benzene rings is 2. The molecule has 0 radical (unpaired) electrons. The van der Waals surface area contributed by atoms with Gasteiger partial charge in [-0.2, -0.15) is 0 Å². The molecule has 1 saturated heterocycles. The lowest BCUT2D eigenvalue weighted by atomic mass is 10.1. The molecule has 1 unspecified atom stereocenters. The molecule has 1 atom stereocenters. The number of hydrogen-bond donors (Lipinski definition) is 0. The van der Waals surface area contributed by atoms with Crippen molar-refractivity contribution >= 4 is 21.6 Å². The normalized spacial score (nSPS) is 17.2. The van der Waals surface area contributed by atoms with Gasteiger partial charge in [-0.15, -0.1) is 0 Å². The van der Waals surface area contributed by atoms with Gasteiger partial charge in [-0.1, -0.05) is 29.8 Å². The van der Waals surface area contributed by atoms with Crippen molar-refractivity contribution in [2.45, 2.75) is 17.9 Å². The lowest BCUT2D eigenvalue weighted by Crippen LogP contribution is -2.48. The van der Waals surface area contributed by atoms with Crippen molar-refractivity contribution in [1.29, 1.82) is 0 Å². The Hall–Kier alpha value is -1.64. The fourth-order valence-corrected chi connectivity index (χ4v) is 4.79. The molecule has 0 aromatic heterocycles. The van der Waals surface area contributed by atoms with Gasteiger partial charge in [0.15, 0.2) is 0 Å². The Labute approximate surface area is 185 Å². The van der Waals surface area contributed by atoms with Crippen molar-refractivity contribution in [3.05, 3.63) is 59.1 Å². The summed E-state index contributed by atoms with van der Waals surface area (Å²) in [5.41, 5.74) is 1.18. The summed E-state index contributed by atoms with van der Waals surface area (Å²) >= 11 is 6.35. The molecule has 0 N–H and O–H groups in total. The fourth-order valence-electron chi connectivity index (χ4n) is 3.60. The highest BCUT2D eigenvalue weighted by Gasteiger charge is 2.23. The van der Waals surface area contributed by atoms with Gasteiger partial charge in [0.2, 0.25) is 10.0 Å². The van der Waals surface area contributed by atoms with Crippen LogP contribution in [0.3, 0.4) is 0 Å².